The van der Waals surface area contributed by atoms with Gasteiger partial charge in [-0.25, -0.2) is 4.98 Å². The average molecular weight is 259 g/mol. The van der Waals surface area contributed by atoms with E-state index in [1.54, 1.807) is 7.11 Å². The summed E-state index contributed by atoms with van der Waals surface area (Å²) in [5.41, 5.74) is 0.994. The van der Waals surface area contributed by atoms with E-state index < -0.39 is 0 Å². The Balaban J connectivity index is 1.71. The van der Waals surface area contributed by atoms with Crippen molar-refractivity contribution in [3.05, 3.63) is 30.2 Å². The van der Waals surface area contributed by atoms with Crippen LogP contribution in [0.1, 0.15) is 18.5 Å². The van der Waals surface area contributed by atoms with Crippen LogP contribution in [0, 0.1) is 6.92 Å². The number of anilines is 1. The molecule has 1 saturated carbocycles. The van der Waals surface area contributed by atoms with Crippen molar-refractivity contribution in [2.45, 2.75) is 25.3 Å². The second kappa shape index (κ2) is 4.53. The number of ether oxygens (including phenoxy) is 1. The van der Waals surface area contributed by atoms with E-state index in [1.165, 1.54) is 0 Å². The van der Waals surface area contributed by atoms with Crippen LogP contribution in [0.5, 0.6) is 6.01 Å². The Morgan fingerprint density at radius 1 is 1.42 bits per heavy atom. The molecule has 0 bridgehead atoms. The Morgan fingerprint density at radius 3 is 2.89 bits per heavy atom. The van der Waals surface area contributed by atoms with Gasteiger partial charge in [-0.1, -0.05) is 0 Å². The van der Waals surface area contributed by atoms with Gasteiger partial charge in [0.25, 0.3) is 0 Å². The molecule has 3 rings (SSSR count). The molecule has 2 heterocycles. The van der Waals surface area contributed by atoms with Crippen molar-refractivity contribution < 1.29 is 4.74 Å². The number of nitrogens with one attached hydrogen (secondary N) is 1. The van der Waals surface area contributed by atoms with Gasteiger partial charge in [0.1, 0.15) is 5.82 Å². The fraction of sp³-hybridized carbons (Fsp3) is 0.462. The summed E-state index contributed by atoms with van der Waals surface area (Å²) in [4.78, 5) is 8.46. The van der Waals surface area contributed by atoms with Gasteiger partial charge in [0, 0.05) is 30.7 Å². The zero-order valence-corrected chi connectivity index (χ0v) is 11.1. The summed E-state index contributed by atoms with van der Waals surface area (Å²) < 4.78 is 7.11. The van der Waals surface area contributed by atoms with Gasteiger partial charge >= 0.3 is 6.01 Å². The first-order valence-corrected chi connectivity index (χ1v) is 6.36. The van der Waals surface area contributed by atoms with Gasteiger partial charge in [0.2, 0.25) is 0 Å². The largest absolute Gasteiger partial charge is 0.467 e. The smallest absolute Gasteiger partial charge is 0.318 e. The van der Waals surface area contributed by atoms with E-state index in [0.717, 1.165) is 30.9 Å². The molecular weight excluding hydrogens is 242 g/mol. The van der Waals surface area contributed by atoms with Gasteiger partial charge in [0.05, 0.1) is 12.6 Å². The van der Waals surface area contributed by atoms with Crippen LogP contribution in [-0.4, -0.2) is 33.4 Å². The first-order chi connectivity index (χ1) is 9.22. The number of aryl methyl sites for hydroxylation is 1. The monoisotopic (exact) mass is 259 g/mol. The Labute approximate surface area is 111 Å². The zero-order chi connectivity index (χ0) is 13.3. The van der Waals surface area contributed by atoms with Crippen molar-refractivity contribution in [3.63, 3.8) is 0 Å². The molecule has 19 heavy (non-hydrogen) atoms. The molecule has 2 aromatic rings. The predicted molar refractivity (Wildman–Crippen MR) is 71.2 cm³/mol. The molecule has 6 heteroatoms. The maximum atomic E-state index is 5.08. The molecule has 0 spiro atoms. The second-order valence-corrected chi connectivity index (χ2v) is 4.91. The van der Waals surface area contributed by atoms with E-state index in [-0.39, 0.29) is 5.54 Å². The van der Waals surface area contributed by atoms with Crippen molar-refractivity contribution in [2.75, 3.05) is 19.0 Å². The summed E-state index contributed by atoms with van der Waals surface area (Å²) in [6.45, 7) is 2.74. The van der Waals surface area contributed by atoms with Crippen molar-refractivity contribution in [3.8, 4) is 6.01 Å². The molecule has 6 nitrogen and oxygen atoms in total. The number of aromatic nitrogens is 4. The summed E-state index contributed by atoms with van der Waals surface area (Å²) in [6.07, 6.45) is 6.12. The first kappa shape index (κ1) is 12.0. The van der Waals surface area contributed by atoms with E-state index in [9.17, 15) is 0 Å². The average Bonchev–Trinajstić information content (AvgIpc) is 2.99. The summed E-state index contributed by atoms with van der Waals surface area (Å²) >= 11 is 0. The van der Waals surface area contributed by atoms with Gasteiger partial charge in [-0.3, -0.25) is 4.68 Å². The SMILES string of the molecule is COc1nc(C)cc(NCC2(n3cccn3)CC2)n1. The summed E-state index contributed by atoms with van der Waals surface area (Å²) in [6, 6.07) is 4.27. The lowest BCUT2D eigenvalue weighted by Crippen LogP contribution is -2.27. The number of rotatable bonds is 5. The summed E-state index contributed by atoms with van der Waals surface area (Å²) in [7, 11) is 1.57. The molecule has 1 aliphatic rings. The van der Waals surface area contributed by atoms with Crippen molar-refractivity contribution in [1.29, 1.82) is 0 Å². The highest BCUT2D eigenvalue weighted by atomic mass is 16.5. The number of methoxy groups -OCH3 is 1. The molecule has 0 aliphatic heterocycles. The summed E-state index contributed by atoms with van der Waals surface area (Å²) in [5.74, 6) is 0.794. The third-order valence-corrected chi connectivity index (χ3v) is 3.43. The van der Waals surface area contributed by atoms with Crippen molar-refractivity contribution >= 4 is 5.82 Å². The quantitative estimate of drug-likeness (QED) is 0.883. The van der Waals surface area contributed by atoms with Crippen LogP contribution in [0.4, 0.5) is 5.82 Å². The molecule has 0 amide bonds. The summed E-state index contributed by atoms with van der Waals surface area (Å²) in [5, 5.41) is 7.69. The van der Waals surface area contributed by atoms with Crippen LogP contribution in [0.25, 0.3) is 0 Å². The molecule has 0 radical (unpaired) electrons. The van der Waals surface area contributed by atoms with Gasteiger partial charge < -0.3 is 10.1 Å². The lowest BCUT2D eigenvalue weighted by molar-refractivity contribution is 0.379. The van der Waals surface area contributed by atoms with Gasteiger partial charge in [0.15, 0.2) is 0 Å². The second-order valence-electron chi connectivity index (χ2n) is 4.91. The van der Waals surface area contributed by atoms with Crippen molar-refractivity contribution in [1.82, 2.24) is 19.7 Å². The van der Waals surface area contributed by atoms with Crippen LogP contribution in [0.2, 0.25) is 0 Å². The molecule has 0 atom stereocenters. The Hall–Kier alpha value is -2.11. The Bertz CT molecular complexity index is 562. The van der Waals surface area contributed by atoms with Gasteiger partial charge in [-0.15, -0.1) is 0 Å². The van der Waals surface area contributed by atoms with Crippen LogP contribution in [0.15, 0.2) is 24.5 Å². The maximum absolute atomic E-state index is 5.08. The minimum Gasteiger partial charge on any atom is -0.467 e. The molecule has 100 valence electrons. The number of hydrogen-bond donors (Lipinski definition) is 1. The molecule has 1 fully saturated rings. The topological polar surface area (TPSA) is 64.9 Å². The van der Waals surface area contributed by atoms with Crippen LogP contribution in [0.3, 0.4) is 0 Å². The normalized spacial score (nSPS) is 16.1. The Morgan fingerprint density at radius 2 is 2.26 bits per heavy atom. The van der Waals surface area contributed by atoms with Gasteiger partial charge in [-0.2, -0.15) is 10.1 Å². The molecule has 1 aliphatic carbocycles. The number of nitrogens with zero attached hydrogens (tertiary/aromatic N) is 4. The third-order valence-electron chi connectivity index (χ3n) is 3.43. The van der Waals surface area contributed by atoms with E-state index in [0.29, 0.717) is 6.01 Å². The van der Waals surface area contributed by atoms with E-state index in [4.69, 9.17) is 4.74 Å². The highest BCUT2D eigenvalue weighted by molar-refractivity contribution is 5.37. The standard InChI is InChI=1S/C13H17N5O/c1-10-8-11(17-12(16-10)19-2)14-9-13(4-5-13)18-7-3-6-15-18/h3,6-8H,4-5,9H2,1-2H3,(H,14,16,17). The van der Waals surface area contributed by atoms with Crippen LogP contribution < -0.4 is 10.1 Å². The van der Waals surface area contributed by atoms with E-state index >= 15 is 0 Å². The fourth-order valence-electron chi connectivity index (χ4n) is 2.16. The molecule has 1 N–H and O–H groups in total. The lowest BCUT2D eigenvalue weighted by atomic mass is 10.2. The van der Waals surface area contributed by atoms with Gasteiger partial charge in [-0.05, 0) is 25.8 Å². The third kappa shape index (κ3) is 2.38. The zero-order valence-electron chi connectivity index (χ0n) is 11.1. The molecule has 2 aromatic heterocycles. The maximum Gasteiger partial charge on any atom is 0.318 e. The lowest BCUT2D eigenvalue weighted by Gasteiger charge is -2.17. The molecule has 0 unspecified atom stereocenters. The molecule has 0 saturated heterocycles. The highest BCUT2D eigenvalue weighted by Gasteiger charge is 2.45. The molecule has 0 aromatic carbocycles. The van der Waals surface area contributed by atoms with Crippen LogP contribution >= 0.6 is 0 Å². The van der Waals surface area contributed by atoms with Crippen LogP contribution in [-0.2, 0) is 5.54 Å². The van der Waals surface area contributed by atoms with E-state index in [2.05, 4.69) is 20.4 Å². The highest BCUT2D eigenvalue weighted by Crippen LogP contribution is 2.42. The molecular formula is C13H17N5O. The van der Waals surface area contributed by atoms with E-state index in [1.807, 2.05) is 36.1 Å². The fourth-order valence-corrected chi connectivity index (χ4v) is 2.16. The number of hydrogen-bond acceptors (Lipinski definition) is 5. The Kier molecular flexibility index (Phi) is 2.85. The first-order valence-electron chi connectivity index (χ1n) is 6.36. The minimum absolute atomic E-state index is 0.107. The predicted octanol–water partition coefficient (Wildman–Crippen LogP) is 1.59. The van der Waals surface area contributed by atoms with Crippen molar-refractivity contribution in [2.24, 2.45) is 0 Å². The minimum atomic E-state index is 0.107.